The quantitative estimate of drug-likeness (QED) is 0.802. The summed E-state index contributed by atoms with van der Waals surface area (Å²) < 4.78 is 5.70. The Hall–Kier alpha value is -1.10. The Balaban J connectivity index is 1.63. The Morgan fingerprint density at radius 2 is 2.18 bits per heavy atom. The molecular weight excluding hydrogens is 214 g/mol. The van der Waals surface area contributed by atoms with Gasteiger partial charge in [0.15, 0.2) is 0 Å². The lowest BCUT2D eigenvalue weighted by atomic mass is 9.97. The van der Waals surface area contributed by atoms with Gasteiger partial charge in [0, 0.05) is 31.7 Å². The molecule has 92 valence electrons. The van der Waals surface area contributed by atoms with E-state index in [0.717, 1.165) is 25.3 Å². The number of nitrogens with zero attached hydrogens (tertiary/aromatic N) is 2. The molecule has 2 atom stereocenters. The van der Waals surface area contributed by atoms with Crippen LogP contribution in [0.1, 0.15) is 18.4 Å². The van der Waals surface area contributed by atoms with E-state index in [2.05, 4.69) is 29.2 Å². The highest BCUT2D eigenvalue weighted by atomic mass is 16.5. The smallest absolute Gasteiger partial charge is 0.125 e. The lowest BCUT2D eigenvalue weighted by molar-refractivity contribution is -0.285. The van der Waals surface area contributed by atoms with Crippen LogP contribution in [0.2, 0.25) is 0 Å². The van der Waals surface area contributed by atoms with Crippen LogP contribution in [-0.2, 0) is 11.3 Å². The molecule has 2 unspecified atom stereocenters. The molecule has 2 aliphatic rings. The van der Waals surface area contributed by atoms with Crippen LogP contribution in [0.3, 0.4) is 0 Å². The van der Waals surface area contributed by atoms with E-state index >= 15 is 0 Å². The van der Waals surface area contributed by atoms with Crippen molar-refractivity contribution in [3.8, 4) is 0 Å². The number of ether oxygens (including phenoxy) is 1. The second kappa shape index (κ2) is 4.29. The van der Waals surface area contributed by atoms with Gasteiger partial charge < -0.3 is 10.5 Å². The third-order valence-electron chi connectivity index (χ3n) is 3.69. The highest BCUT2D eigenvalue weighted by molar-refractivity contribution is 5.39. The number of benzene rings is 1. The molecule has 4 nitrogen and oxygen atoms in total. The third-order valence-corrected chi connectivity index (χ3v) is 3.69. The molecule has 2 aliphatic heterocycles. The van der Waals surface area contributed by atoms with Crippen LogP contribution in [0, 0.1) is 0 Å². The van der Waals surface area contributed by atoms with Crippen molar-refractivity contribution in [1.82, 2.24) is 10.0 Å². The zero-order valence-corrected chi connectivity index (χ0v) is 10.2. The minimum atomic E-state index is 0.313. The van der Waals surface area contributed by atoms with Crippen LogP contribution in [0.15, 0.2) is 24.3 Å². The highest BCUT2D eigenvalue weighted by Crippen LogP contribution is 2.35. The zero-order valence-electron chi connectivity index (χ0n) is 10.2. The standard InChI is InChI=1S/C13H19N3O/c1-15(9-10-2-4-11(14)5-3-10)16-12-6-7-17-13(16)8-12/h2-5,12-13H,6-9,14H2,1H3. The molecule has 0 saturated carbocycles. The molecule has 0 amide bonds. The minimum Gasteiger partial charge on any atom is -0.399 e. The van der Waals surface area contributed by atoms with E-state index in [0.29, 0.717) is 12.3 Å². The molecule has 1 aromatic rings. The van der Waals surface area contributed by atoms with Gasteiger partial charge in [-0.1, -0.05) is 12.1 Å². The van der Waals surface area contributed by atoms with Crippen LogP contribution in [0.4, 0.5) is 5.69 Å². The van der Waals surface area contributed by atoms with Crippen molar-refractivity contribution in [3.63, 3.8) is 0 Å². The van der Waals surface area contributed by atoms with Crippen molar-refractivity contribution in [2.75, 3.05) is 19.4 Å². The SMILES string of the molecule is CN(Cc1ccc(N)cc1)N1C2CCOC1C2. The van der Waals surface area contributed by atoms with E-state index in [9.17, 15) is 0 Å². The Kier molecular flexibility index (Phi) is 2.78. The molecule has 0 aliphatic carbocycles. The average Bonchev–Trinajstić information content (AvgIpc) is 2.33. The lowest BCUT2D eigenvalue weighted by Gasteiger charge is -2.55. The van der Waals surface area contributed by atoms with E-state index in [4.69, 9.17) is 10.5 Å². The summed E-state index contributed by atoms with van der Waals surface area (Å²) in [5.41, 5.74) is 7.79. The predicted octanol–water partition coefficient (Wildman–Crippen LogP) is 1.44. The van der Waals surface area contributed by atoms with Gasteiger partial charge in [0.2, 0.25) is 0 Å². The van der Waals surface area contributed by atoms with Crippen LogP contribution in [0.25, 0.3) is 0 Å². The summed E-state index contributed by atoms with van der Waals surface area (Å²) in [7, 11) is 2.13. The topological polar surface area (TPSA) is 41.7 Å². The van der Waals surface area contributed by atoms with E-state index < -0.39 is 0 Å². The first-order valence-corrected chi connectivity index (χ1v) is 6.19. The number of hydrogen-bond acceptors (Lipinski definition) is 4. The number of nitrogens with two attached hydrogens (primary N) is 1. The summed E-state index contributed by atoms with van der Waals surface area (Å²) in [6.45, 7) is 1.83. The van der Waals surface area contributed by atoms with Crippen molar-refractivity contribution in [1.29, 1.82) is 0 Å². The van der Waals surface area contributed by atoms with Gasteiger partial charge in [-0.3, -0.25) is 0 Å². The van der Waals surface area contributed by atoms with Gasteiger partial charge in [-0.05, 0) is 24.1 Å². The van der Waals surface area contributed by atoms with E-state index in [1.165, 1.54) is 12.0 Å². The number of nitrogen functional groups attached to an aromatic ring is 1. The molecule has 0 spiro atoms. The number of hydrogen-bond donors (Lipinski definition) is 1. The van der Waals surface area contributed by atoms with E-state index in [1.807, 2.05) is 12.1 Å². The van der Waals surface area contributed by atoms with Crippen molar-refractivity contribution in [3.05, 3.63) is 29.8 Å². The fourth-order valence-corrected chi connectivity index (χ4v) is 2.75. The molecular formula is C13H19N3O. The Morgan fingerprint density at radius 3 is 2.76 bits per heavy atom. The first-order chi connectivity index (χ1) is 8.24. The number of rotatable bonds is 3. The van der Waals surface area contributed by atoms with Crippen LogP contribution >= 0.6 is 0 Å². The molecule has 2 bridgehead atoms. The van der Waals surface area contributed by atoms with Gasteiger partial charge in [-0.2, -0.15) is 0 Å². The molecule has 4 heteroatoms. The number of anilines is 1. The maximum Gasteiger partial charge on any atom is 0.125 e. The van der Waals surface area contributed by atoms with Gasteiger partial charge in [-0.25, -0.2) is 10.0 Å². The monoisotopic (exact) mass is 233 g/mol. The molecule has 2 N–H and O–H groups in total. The number of fused-ring (bicyclic) bond motifs is 2. The Labute approximate surface area is 102 Å². The van der Waals surface area contributed by atoms with Gasteiger partial charge in [-0.15, -0.1) is 0 Å². The fourth-order valence-electron chi connectivity index (χ4n) is 2.75. The largest absolute Gasteiger partial charge is 0.399 e. The molecule has 2 fully saturated rings. The molecule has 1 aromatic carbocycles. The first-order valence-electron chi connectivity index (χ1n) is 6.19. The summed E-state index contributed by atoms with van der Waals surface area (Å²) >= 11 is 0. The zero-order chi connectivity index (χ0) is 11.8. The number of hydrazine groups is 1. The Bertz CT molecular complexity index is 378. The maximum absolute atomic E-state index is 5.70. The molecule has 17 heavy (non-hydrogen) atoms. The normalized spacial score (nSPS) is 28.1. The van der Waals surface area contributed by atoms with Crippen LogP contribution in [-0.4, -0.2) is 35.9 Å². The Morgan fingerprint density at radius 1 is 1.41 bits per heavy atom. The summed E-state index contributed by atoms with van der Waals surface area (Å²) in [6.07, 6.45) is 2.65. The van der Waals surface area contributed by atoms with Gasteiger partial charge in [0.05, 0.1) is 6.61 Å². The van der Waals surface area contributed by atoms with Crippen molar-refractivity contribution >= 4 is 5.69 Å². The fraction of sp³-hybridized carbons (Fsp3) is 0.538. The molecule has 2 saturated heterocycles. The highest BCUT2D eigenvalue weighted by Gasteiger charge is 2.44. The maximum atomic E-state index is 5.70. The second-order valence-electron chi connectivity index (χ2n) is 4.94. The average molecular weight is 233 g/mol. The van der Waals surface area contributed by atoms with Crippen LogP contribution in [0.5, 0.6) is 0 Å². The van der Waals surface area contributed by atoms with Gasteiger partial charge in [0.1, 0.15) is 6.23 Å². The molecule has 3 rings (SSSR count). The first kappa shape index (κ1) is 11.0. The summed E-state index contributed by atoms with van der Waals surface area (Å²) in [5.74, 6) is 0. The van der Waals surface area contributed by atoms with Crippen molar-refractivity contribution < 1.29 is 4.74 Å². The van der Waals surface area contributed by atoms with E-state index in [1.54, 1.807) is 0 Å². The van der Waals surface area contributed by atoms with Gasteiger partial charge >= 0.3 is 0 Å². The van der Waals surface area contributed by atoms with Crippen molar-refractivity contribution in [2.24, 2.45) is 0 Å². The predicted molar refractivity (Wildman–Crippen MR) is 66.9 cm³/mol. The van der Waals surface area contributed by atoms with Gasteiger partial charge in [0.25, 0.3) is 0 Å². The molecule has 0 aromatic heterocycles. The van der Waals surface area contributed by atoms with Crippen LogP contribution < -0.4 is 5.73 Å². The third kappa shape index (κ3) is 2.04. The lowest BCUT2D eigenvalue weighted by Crippen LogP contribution is -2.66. The summed E-state index contributed by atoms with van der Waals surface area (Å²) in [4.78, 5) is 0. The van der Waals surface area contributed by atoms with E-state index in [-0.39, 0.29) is 0 Å². The summed E-state index contributed by atoms with van der Waals surface area (Å²) in [6, 6.07) is 8.77. The summed E-state index contributed by atoms with van der Waals surface area (Å²) in [5, 5.41) is 4.63. The molecule has 0 radical (unpaired) electrons. The minimum absolute atomic E-state index is 0.313. The van der Waals surface area contributed by atoms with Crippen molar-refractivity contribution in [2.45, 2.75) is 31.7 Å². The molecule has 2 heterocycles. The second-order valence-corrected chi connectivity index (χ2v) is 4.94.